The highest BCUT2D eigenvalue weighted by Crippen LogP contribution is 2.35. The number of carbonyl (C=O) groups excluding carboxylic acids is 3. The van der Waals surface area contributed by atoms with Gasteiger partial charge in [-0.1, -0.05) is 18.2 Å². The van der Waals surface area contributed by atoms with Crippen molar-refractivity contribution in [3.63, 3.8) is 0 Å². The van der Waals surface area contributed by atoms with Crippen molar-refractivity contribution in [2.24, 2.45) is 0 Å². The third-order valence-corrected chi connectivity index (χ3v) is 5.89. The van der Waals surface area contributed by atoms with Gasteiger partial charge in [-0.2, -0.15) is 0 Å². The van der Waals surface area contributed by atoms with Crippen molar-refractivity contribution in [2.45, 2.75) is 12.8 Å². The number of thiophene rings is 1. The van der Waals surface area contributed by atoms with Gasteiger partial charge in [0.2, 0.25) is 0 Å². The number of rotatable bonds is 4. The molecular weight excluding hydrogens is 364 g/mol. The van der Waals surface area contributed by atoms with Crippen LogP contribution in [0.4, 0.5) is 0 Å². The molecule has 1 aliphatic rings. The van der Waals surface area contributed by atoms with Gasteiger partial charge in [0.25, 0.3) is 11.7 Å². The third-order valence-electron chi connectivity index (χ3n) is 4.75. The van der Waals surface area contributed by atoms with Crippen molar-refractivity contribution in [1.29, 1.82) is 0 Å². The van der Waals surface area contributed by atoms with Crippen LogP contribution in [0, 0.1) is 0 Å². The van der Waals surface area contributed by atoms with Crippen LogP contribution in [0.2, 0.25) is 0 Å². The lowest BCUT2D eigenvalue weighted by Crippen LogP contribution is -2.35. The zero-order valence-corrected chi connectivity index (χ0v) is 15.6. The Hall–Kier alpha value is -2.93. The molecule has 1 aliphatic heterocycles. The maximum Gasteiger partial charge on any atom is 0.350 e. The lowest BCUT2D eigenvalue weighted by atomic mass is 10.2. The smallest absolute Gasteiger partial charge is 0.350 e. The predicted molar refractivity (Wildman–Crippen MR) is 103 cm³/mol. The van der Waals surface area contributed by atoms with Crippen LogP contribution >= 0.6 is 11.3 Å². The molecule has 1 fully saturated rings. The Morgan fingerprint density at radius 2 is 1.78 bits per heavy atom. The maximum absolute atomic E-state index is 12.9. The zero-order chi connectivity index (χ0) is 19.0. The fraction of sp³-hybridized carbons (Fsp3) is 0.250. The van der Waals surface area contributed by atoms with E-state index in [1.54, 1.807) is 27.8 Å². The number of Topliss-reactive ketones (excluding diaryl/α,β-unsaturated/α-hetero) is 1. The second kappa shape index (κ2) is 7.00. The first-order valence-corrected chi connectivity index (χ1v) is 9.54. The van der Waals surface area contributed by atoms with Crippen molar-refractivity contribution in [2.75, 3.05) is 20.2 Å². The quantitative estimate of drug-likeness (QED) is 0.394. The summed E-state index contributed by atoms with van der Waals surface area (Å²) in [5, 5.41) is 0.835. The first-order chi connectivity index (χ1) is 13.1. The van der Waals surface area contributed by atoms with Gasteiger partial charge in [-0.3, -0.25) is 9.59 Å². The Labute approximate surface area is 160 Å². The number of ether oxygens (including phenoxy) is 1. The van der Waals surface area contributed by atoms with Crippen LogP contribution < -0.4 is 0 Å². The molecule has 3 heterocycles. The maximum atomic E-state index is 12.9. The lowest BCUT2D eigenvalue weighted by molar-refractivity contribution is -0.125. The molecule has 0 N–H and O–H groups in total. The zero-order valence-electron chi connectivity index (χ0n) is 14.8. The van der Waals surface area contributed by atoms with Gasteiger partial charge in [0.15, 0.2) is 0 Å². The van der Waals surface area contributed by atoms with Gasteiger partial charge in [-0.05, 0) is 31.0 Å². The highest BCUT2D eigenvalue weighted by molar-refractivity contribution is 7.21. The monoisotopic (exact) mass is 382 g/mol. The van der Waals surface area contributed by atoms with Crippen molar-refractivity contribution in [3.05, 3.63) is 53.2 Å². The summed E-state index contributed by atoms with van der Waals surface area (Å²) in [5.74, 6) is -1.52. The van der Waals surface area contributed by atoms with Crippen molar-refractivity contribution in [1.82, 2.24) is 9.47 Å². The summed E-state index contributed by atoms with van der Waals surface area (Å²) in [7, 11) is 1.33. The highest BCUT2D eigenvalue weighted by Gasteiger charge is 2.29. The minimum absolute atomic E-state index is 0.251. The molecule has 27 heavy (non-hydrogen) atoms. The van der Waals surface area contributed by atoms with Gasteiger partial charge in [0.05, 0.1) is 18.5 Å². The molecule has 0 aliphatic carbocycles. The van der Waals surface area contributed by atoms with Crippen LogP contribution in [0.15, 0.2) is 42.6 Å². The number of ketones is 1. The second-order valence-electron chi connectivity index (χ2n) is 6.36. The average molecular weight is 382 g/mol. The Morgan fingerprint density at radius 1 is 1.04 bits per heavy atom. The van der Waals surface area contributed by atoms with E-state index in [2.05, 4.69) is 0 Å². The molecule has 0 saturated carbocycles. The molecule has 1 amide bonds. The van der Waals surface area contributed by atoms with Crippen molar-refractivity contribution >= 4 is 39.1 Å². The molecule has 3 aromatic rings. The molecular formula is C20H18N2O4S. The fourth-order valence-corrected chi connectivity index (χ4v) is 4.55. The van der Waals surface area contributed by atoms with Crippen molar-refractivity contribution < 1.29 is 19.1 Å². The molecule has 0 unspecified atom stereocenters. The molecule has 0 radical (unpaired) electrons. The van der Waals surface area contributed by atoms with Gasteiger partial charge in [-0.25, -0.2) is 4.79 Å². The molecule has 1 saturated heterocycles. The van der Waals surface area contributed by atoms with E-state index >= 15 is 0 Å². The SMILES string of the molecule is COC(=O)c1sc2ccccc2c1-n1cccc1C(=O)C(=O)N1CCCC1. The third kappa shape index (κ3) is 2.94. The summed E-state index contributed by atoms with van der Waals surface area (Å²) in [6, 6.07) is 10.9. The summed E-state index contributed by atoms with van der Waals surface area (Å²) in [6.45, 7) is 1.22. The van der Waals surface area contributed by atoms with Gasteiger partial charge in [0, 0.05) is 29.4 Å². The van der Waals surface area contributed by atoms with Crippen LogP contribution in [-0.4, -0.2) is 47.3 Å². The number of benzene rings is 1. The molecule has 0 spiro atoms. The van der Waals surface area contributed by atoms with E-state index in [1.807, 2.05) is 24.3 Å². The Bertz CT molecular complexity index is 1040. The number of carbonyl (C=O) groups is 3. The molecule has 7 heteroatoms. The van der Waals surface area contributed by atoms with Gasteiger partial charge in [0.1, 0.15) is 4.88 Å². The number of esters is 1. The summed E-state index contributed by atoms with van der Waals surface area (Å²) in [5.41, 5.74) is 0.825. The molecule has 1 aromatic carbocycles. The average Bonchev–Trinajstić information content (AvgIpc) is 3.44. The van der Waals surface area contributed by atoms with Gasteiger partial charge < -0.3 is 14.2 Å². The predicted octanol–water partition coefficient (Wildman–Crippen LogP) is 3.28. The highest BCUT2D eigenvalue weighted by atomic mass is 32.1. The fourth-order valence-electron chi connectivity index (χ4n) is 3.44. The number of methoxy groups -OCH3 is 1. The first kappa shape index (κ1) is 17.5. The van der Waals surface area contributed by atoms with E-state index in [4.69, 9.17) is 4.74 Å². The molecule has 2 aromatic heterocycles. The second-order valence-corrected chi connectivity index (χ2v) is 7.41. The van der Waals surface area contributed by atoms with E-state index in [9.17, 15) is 14.4 Å². The molecule has 138 valence electrons. The number of hydrogen-bond acceptors (Lipinski definition) is 5. The molecule has 4 rings (SSSR count). The summed E-state index contributed by atoms with van der Waals surface area (Å²) in [4.78, 5) is 39.8. The summed E-state index contributed by atoms with van der Waals surface area (Å²) in [6.07, 6.45) is 3.54. The Morgan fingerprint density at radius 3 is 2.52 bits per heavy atom. The van der Waals surface area contributed by atoms with E-state index in [1.165, 1.54) is 18.4 Å². The summed E-state index contributed by atoms with van der Waals surface area (Å²) >= 11 is 1.31. The number of likely N-dealkylation sites (tertiary alicyclic amines) is 1. The first-order valence-electron chi connectivity index (χ1n) is 8.73. The van der Waals surface area contributed by atoms with Crippen LogP contribution in [0.5, 0.6) is 0 Å². The molecule has 0 atom stereocenters. The van der Waals surface area contributed by atoms with Crippen molar-refractivity contribution in [3.8, 4) is 5.69 Å². The Kier molecular flexibility index (Phi) is 4.53. The van der Waals surface area contributed by atoms with E-state index in [0.717, 1.165) is 22.9 Å². The van der Waals surface area contributed by atoms with Crippen LogP contribution in [0.1, 0.15) is 33.0 Å². The van der Waals surface area contributed by atoms with Crippen LogP contribution in [0.25, 0.3) is 15.8 Å². The molecule has 0 bridgehead atoms. The van der Waals surface area contributed by atoms with Crippen LogP contribution in [0.3, 0.4) is 0 Å². The van der Waals surface area contributed by atoms with E-state index in [-0.39, 0.29) is 5.69 Å². The number of hydrogen-bond donors (Lipinski definition) is 0. The van der Waals surface area contributed by atoms with Crippen LogP contribution in [-0.2, 0) is 9.53 Å². The van der Waals surface area contributed by atoms with E-state index < -0.39 is 17.7 Å². The minimum Gasteiger partial charge on any atom is -0.465 e. The minimum atomic E-state index is -0.562. The standard InChI is InChI=1S/C20H18N2O4S/c1-26-20(25)18-16(13-7-2-3-9-15(13)27-18)22-12-6-8-14(22)17(23)19(24)21-10-4-5-11-21/h2-3,6-9,12H,4-5,10-11H2,1H3. The van der Waals surface area contributed by atoms with E-state index in [0.29, 0.717) is 23.7 Å². The van der Waals surface area contributed by atoms with Gasteiger partial charge >= 0.3 is 5.97 Å². The summed E-state index contributed by atoms with van der Waals surface area (Å²) < 4.78 is 7.47. The number of nitrogens with zero attached hydrogens (tertiary/aromatic N) is 2. The normalized spacial score (nSPS) is 13.9. The number of amides is 1. The Balaban J connectivity index is 1.84. The molecule has 6 nitrogen and oxygen atoms in total. The number of aromatic nitrogens is 1. The number of fused-ring (bicyclic) bond motifs is 1. The topological polar surface area (TPSA) is 68.6 Å². The lowest BCUT2D eigenvalue weighted by Gasteiger charge is -2.15. The van der Waals surface area contributed by atoms with Gasteiger partial charge in [-0.15, -0.1) is 11.3 Å². The largest absolute Gasteiger partial charge is 0.465 e.